The number of rotatable bonds is 8. The highest BCUT2D eigenvalue weighted by atomic mass is 127. The van der Waals surface area contributed by atoms with E-state index < -0.39 is 6.10 Å². The molecule has 0 heterocycles. The van der Waals surface area contributed by atoms with Crippen LogP contribution in [-0.4, -0.2) is 42.9 Å². The molecule has 1 aromatic carbocycles. The molecule has 0 aliphatic carbocycles. The minimum absolute atomic E-state index is 0. The van der Waals surface area contributed by atoms with Crippen LogP contribution >= 0.6 is 46.6 Å². The van der Waals surface area contributed by atoms with E-state index in [1.807, 2.05) is 31.2 Å². The largest absolute Gasteiger partial charge is 0.491 e. The van der Waals surface area contributed by atoms with Crippen molar-refractivity contribution >= 4 is 52.5 Å². The van der Waals surface area contributed by atoms with Gasteiger partial charge in [0.05, 0.1) is 6.54 Å². The maximum atomic E-state index is 9.98. The first-order valence-electron chi connectivity index (χ1n) is 7.66. The van der Waals surface area contributed by atoms with E-state index >= 15 is 0 Å². The Bertz CT molecular complexity index is 455. The van der Waals surface area contributed by atoms with Gasteiger partial charge in [-0.2, -0.15) is 0 Å². The summed E-state index contributed by atoms with van der Waals surface area (Å²) < 4.78 is 6.71. The van der Waals surface area contributed by atoms with Crippen molar-refractivity contribution in [1.29, 1.82) is 0 Å². The van der Waals surface area contributed by atoms with Gasteiger partial charge in [-0.3, -0.25) is 4.99 Å². The second-order valence-corrected chi connectivity index (χ2v) is 6.34. The van der Waals surface area contributed by atoms with Gasteiger partial charge in [0.2, 0.25) is 0 Å². The zero-order chi connectivity index (χ0) is 16.4. The first-order valence-corrected chi connectivity index (χ1v) is 8.74. The number of benzene rings is 1. The number of hydrogen-bond acceptors (Lipinski definition) is 3. The number of guanidine groups is 1. The highest BCUT2D eigenvalue weighted by Crippen LogP contribution is 2.13. The third-order valence-electron chi connectivity index (χ3n) is 3.06. The summed E-state index contributed by atoms with van der Waals surface area (Å²) in [5, 5.41) is 16.4. The summed E-state index contributed by atoms with van der Waals surface area (Å²) >= 11 is 2.24. The van der Waals surface area contributed by atoms with Crippen molar-refractivity contribution in [2.24, 2.45) is 4.99 Å². The zero-order valence-corrected chi connectivity index (χ0v) is 18.4. The van der Waals surface area contributed by atoms with Crippen LogP contribution in [0.4, 0.5) is 0 Å². The van der Waals surface area contributed by atoms with Gasteiger partial charge in [-0.25, -0.2) is 0 Å². The molecule has 0 aliphatic rings. The molecule has 0 aromatic heterocycles. The summed E-state index contributed by atoms with van der Waals surface area (Å²) in [5.41, 5.74) is 0. The van der Waals surface area contributed by atoms with Crippen LogP contribution in [0.3, 0.4) is 0 Å². The lowest BCUT2D eigenvalue weighted by Crippen LogP contribution is -2.42. The van der Waals surface area contributed by atoms with Crippen molar-refractivity contribution in [3.8, 4) is 5.75 Å². The van der Waals surface area contributed by atoms with Crippen LogP contribution in [0.5, 0.6) is 5.75 Å². The Labute approximate surface area is 169 Å². The maximum absolute atomic E-state index is 9.98. The quantitative estimate of drug-likeness (QED) is 0.266. The second kappa shape index (κ2) is 13.1. The third kappa shape index (κ3) is 10.2. The molecular weight excluding hydrogens is 520 g/mol. The van der Waals surface area contributed by atoms with Crippen molar-refractivity contribution in [2.45, 2.75) is 39.3 Å². The molecule has 1 aromatic rings. The monoisotopic (exact) mass is 547 g/mol. The summed E-state index contributed by atoms with van der Waals surface area (Å²) in [4.78, 5) is 4.39. The minimum atomic E-state index is -0.633. The van der Waals surface area contributed by atoms with E-state index in [0.717, 1.165) is 28.2 Å². The fraction of sp³-hybridized carbons (Fsp3) is 0.562. The standard InChI is InChI=1S/C16H26IN3O2.HI/c1-4-12(3)20-16(18-5-2)19-10-14(21)11-22-15-8-6-13(17)7-9-15;/h6-9,12,14,21H,4-5,10-11H2,1-3H3,(H2,18,19,20);1H. The number of hydrogen-bond donors (Lipinski definition) is 3. The highest BCUT2D eigenvalue weighted by molar-refractivity contribution is 14.1. The van der Waals surface area contributed by atoms with Gasteiger partial charge in [0.1, 0.15) is 18.5 Å². The Hall–Kier alpha value is -0.290. The van der Waals surface area contributed by atoms with E-state index in [1.54, 1.807) is 0 Å². The summed E-state index contributed by atoms with van der Waals surface area (Å²) in [5.74, 6) is 1.48. The number of aliphatic hydroxyl groups is 1. The van der Waals surface area contributed by atoms with Crippen LogP contribution in [0.25, 0.3) is 0 Å². The fourth-order valence-electron chi connectivity index (χ4n) is 1.63. The SMILES string of the molecule is CCNC(=NCC(O)COc1ccc(I)cc1)NC(C)CC.I. The van der Waals surface area contributed by atoms with E-state index in [4.69, 9.17) is 4.74 Å². The molecule has 0 bridgehead atoms. The average Bonchev–Trinajstić information content (AvgIpc) is 2.52. The summed E-state index contributed by atoms with van der Waals surface area (Å²) in [6, 6.07) is 8.08. The van der Waals surface area contributed by atoms with E-state index in [9.17, 15) is 5.11 Å². The van der Waals surface area contributed by atoms with Crippen LogP contribution < -0.4 is 15.4 Å². The van der Waals surface area contributed by atoms with Gasteiger partial charge in [-0.15, -0.1) is 24.0 Å². The molecule has 0 saturated carbocycles. The Morgan fingerprint density at radius 1 is 1.30 bits per heavy atom. The molecule has 0 spiro atoms. The molecule has 0 saturated heterocycles. The predicted octanol–water partition coefficient (Wildman–Crippen LogP) is 3.00. The van der Waals surface area contributed by atoms with Crippen molar-refractivity contribution in [3.05, 3.63) is 27.8 Å². The Morgan fingerprint density at radius 2 is 1.96 bits per heavy atom. The molecule has 2 atom stereocenters. The lowest BCUT2D eigenvalue weighted by atomic mass is 10.3. The second-order valence-electron chi connectivity index (χ2n) is 5.09. The number of halogens is 2. The molecule has 3 N–H and O–H groups in total. The fourth-order valence-corrected chi connectivity index (χ4v) is 1.99. The van der Waals surface area contributed by atoms with Crippen LogP contribution in [-0.2, 0) is 0 Å². The lowest BCUT2D eigenvalue weighted by molar-refractivity contribution is 0.114. The van der Waals surface area contributed by atoms with Crippen molar-refractivity contribution in [2.75, 3.05) is 19.7 Å². The molecule has 1 rings (SSSR count). The molecule has 0 fully saturated rings. The van der Waals surface area contributed by atoms with E-state index in [1.165, 1.54) is 0 Å². The maximum Gasteiger partial charge on any atom is 0.191 e. The molecule has 0 aliphatic heterocycles. The minimum Gasteiger partial charge on any atom is -0.491 e. The van der Waals surface area contributed by atoms with Crippen LogP contribution in [0.15, 0.2) is 29.3 Å². The molecule has 0 amide bonds. The van der Waals surface area contributed by atoms with E-state index in [2.05, 4.69) is 52.1 Å². The highest BCUT2D eigenvalue weighted by Gasteiger charge is 2.07. The van der Waals surface area contributed by atoms with Crippen molar-refractivity contribution in [3.63, 3.8) is 0 Å². The van der Waals surface area contributed by atoms with Crippen LogP contribution in [0, 0.1) is 3.57 Å². The van der Waals surface area contributed by atoms with Gasteiger partial charge in [-0.1, -0.05) is 6.92 Å². The zero-order valence-electron chi connectivity index (χ0n) is 13.9. The van der Waals surface area contributed by atoms with Gasteiger partial charge in [0, 0.05) is 16.2 Å². The third-order valence-corrected chi connectivity index (χ3v) is 3.78. The number of nitrogens with zero attached hydrogens (tertiary/aromatic N) is 1. The summed E-state index contributed by atoms with van der Waals surface area (Å²) in [6.07, 6.45) is 0.384. The first-order chi connectivity index (χ1) is 10.5. The molecular formula is C16H27I2N3O2. The summed E-state index contributed by atoms with van der Waals surface area (Å²) in [6.45, 7) is 7.55. The predicted molar refractivity (Wildman–Crippen MR) is 115 cm³/mol. The van der Waals surface area contributed by atoms with Gasteiger partial charge in [-0.05, 0) is 67.1 Å². The molecule has 0 radical (unpaired) electrons. The number of ether oxygens (including phenoxy) is 1. The van der Waals surface area contributed by atoms with E-state index in [-0.39, 0.29) is 30.6 Å². The van der Waals surface area contributed by atoms with Gasteiger partial charge in [0.15, 0.2) is 5.96 Å². The van der Waals surface area contributed by atoms with Crippen molar-refractivity contribution in [1.82, 2.24) is 10.6 Å². The first kappa shape index (κ1) is 22.7. The number of nitrogens with one attached hydrogen (secondary N) is 2. The molecule has 2 unspecified atom stereocenters. The molecule has 23 heavy (non-hydrogen) atoms. The average molecular weight is 547 g/mol. The number of aliphatic imine (C=N–C) groups is 1. The van der Waals surface area contributed by atoms with Crippen LogP contribution in [0.2, 0.25) is 0 Å². The Balaban J connectivity index is 0.00000484. The normalized spacial score (nSPS) is 13.7. The Kier molecular flexibility index (Phi) is 12.9. The molecule has 5 nitrogen and oxygen atoms in total. The van der Waals surface area contributed by atoms with Gasteiger partial charge < -0.3 is 20.5 Å². The lowest BCUT2D eigenvalue weighted by Gasteiger charge is -2.17. The topological polar surface area (TPSA) is 65.9 Å². The smallest absolute Gasteiger partial charge is 0.191 e. The van der Waals surface area contributed by atoms with Crippen LogP contribution in [0.1, 0.15) is 27.2 Å². The molecule has 7 heteroatoms. The Morgan fingerprint density at radius 3 is 2.52 bits per heavy atom. The molecule has 132 valence electrons. The number of aliphatic hydroxyl groups excluding tert-OH is 1. The van der Waals surface area contributed by atoms with Crippen molar-refractivity contribution < 1.29 is 9.84 Å². The van der Waals surface area contributed by atoms with Gasteiger partial charge in [0.25, 0.3) is 0 Å². The van der Waals surface area contributed by atoms with E-state index in [0.29, 0.717) is 12.6 Å². The van der Waals surface area contributed by atoms with Gasteiger partial charge >= 0.3 is 0 Å². The summed E-state index contributed by atoms with van der Waals surface area (Å²) in [7, 11) is 0.